The second kappa shape index (κ2) is 8.23. The average molecular weight is 380 g/mol. The van der Waals surface area contributed by atoms with Crippen molar-refractivity contribution in [2.45, 2.75) is 25.3 Å². The molecule has 0 aliphatic carbocycles. The number of rotatable bonds is 6. The molecule has 0 saturated heterocycles. The molecule has 138 valence electrons. The largest absolute Gasteiger partial charge is 0.463 e. The van der Waals surface area contributed by atoms with Gasteiger partial charge in [0.1, 0.15) is 5.69 Å². The second-order valence-electron chi connectivity index (χ2n) is 6.36. The summed E-state index contributed by atoms with van der Waals surface area (Å²) in [6, 6.07) is 7.91. The van der Waals surface area contributed by atoms with Gasteiger partial charge in [-0.25, -0.2) is 9.97 Å². The SMILES string of the molecule is C#CCOc1cnc(C(=O)Cc2cccc([C@]3(C)CCSC(N)=N3)c2)cn1. The molecule has 1 aliphatic rings. The lowest BCUT2D eigenvalue weighted by atomic mass is 9.88. The quantitative estimate of drug-likeness (QED) is 0.612. The first-order valence-corrected chi connectivity index (χ1v) is 9.48. The molecule has 0 spiro atoms. The molecule has 2 N–H and O–H groups in total. The van der Waals surface area contributed by atoms with Gasteiger partial charge in [0.25, 0.3) is 0 Å². The number of nitrogens with zero attached hydrogens (tertiary/aromatic N) is 3. The number of carbonyl (C=O) groups is 1. The van der Waals surface area contributed by atoms with Gasteiger partial charge in [0.2, 0.25) is 5.88 Å². The van der Waals surface area contributed by atoms with Crippen LogP contribution in [0.1, 0.15) is 35.0 Å². The summed E-state index contributed by atoms with van der Waals surface area (Å²) in [4.78, 5) is 25.3. The number of hydrogen-bond acceptors (Lipinski definition) is 7. The molecular formula is C20H20N4O2S. The Labute approximate surface area is 162 Å². The van der Waals surface area contributed by atoms with Crippen molar-refractivity contribution in [2.24, 2.45) is 10.7 Å². The number of hydrogen-bond donors (Lipinski definition) is 1. The van der Waals surface area contributed by atoms with Crippen molar-refractivity contribution >= 4 is 22.7 Å². The van der Waals surface area contributed by atoms with Crippen molar-refractivity contribution in [2.75, 3.05) is 12.4 Å². The topological polar surface area (TPSA) is 90.5 Å². The zero-order valence-electron chi connectivity index (χ0n) is 15.0. The number of ether oxygens (including phenoxy) is 1. The number of carbonyl (C=O) groups excluding carboxylic acids is 1. The minimum Gasteiger partial charge on any atom is -0.463 e. The molecule has 1 aliphatic heterocycles. The molecule has 0 bridgehead atoms. The molecule has 1 atom stereocenters. The summed E-state index contributed by atoms with van der Waals surface area (Å²) < 4.78 is 5.17. The van der Waals surface area contributed by atoms with E-state index in [1.54, 1.807) is 11.8 Å². The van der Waals surface area contributed by atoms with E-state index in [2.05, 4.69) is 27.8 Å². The van der Waals surface area contributed by atoms with E-state index in [0.717, 1.165) is 23.3 Å². The summed E-state index contributed by atoms with van der Waals surface area (Å²) in [5.41, 5.74) is 7.80. The van der Waals surface area contributed by atoms with E-state index in [-0.39, 0.29) is 30.0 Å². The van der Waals surface area contributed by atoms with Gasteiger partial charge in [-0.2, -0.15) is 0 Å². The molecule has 1 aromatic carbocycles. The number of aromatic nitrogens is 2. The van der Waals surface area contributed by atoms with Gasteiger partial charge in [0.05, 0.1) is 17.9 Å². The summed E-state index contributed by atoms with van der Waals surface area (Å²) in [5.74, 6) is 3.46. The van der Waals surface area contributed by atoms with Crippen LogP contribution in [0, 0.1) is 12.3 Å². The van der Waals surface area contributed by atoms with Gasteiger partial charge in [0, 0.05) is 12.2 Å². The molecule has 0 radical (unpaired) electrons. The third-order valence-corrected chi connectivity index (χ3v) is 5.12. The summed E-state index contributed by atoms with van der Waals surface area (Å²) in [6.07, 6.45) is 9.07. The number of thioether (sulfide) groups is 1. The average Bonchev–Trinajstić information content (AvgIpc) is 2.67. The van der Waals surface area contributed by atoms with Gasteiger partial charge in [-0.3, -0.25) is 9.79 Å². The van der Waals surface area contributed by atoms with Gasteiger partial charge < -0.3 is 10.5 Å². The molecule has 1 aromatic heterocycles. The standard InChI is InChI=1S/C20H20N4O2S/c1-3-8-26-18-13-22-16(12-23-18)17(25)11-14-5-4-6-15(10-14)20(2)7-9-27-19(21)24-20/h1,4-6,10,12-13H,7-9,11H2,2H3,(H2,21,24)/t20-/m0/s1. The molecule has 3 rings (SSSR count). The van der Waals surface area contributed by atoms with Gasteiger partial charge in [-0.1, -0.05) is 41.9 Å². The molecule has 0 fully saturated rings. The molecule has 7 heteroatoms. The highest BCUT2D eigenvalue weighted by atomic mass is 32.2. The third kappa shape index (κ3) is 4.66. The van der Waals surface area contributed by atoms with E-state index in [4.69, 9.17) is 16.9 Å². The summed E-state index contributed by atoms with van der Waals surface area (Å²) in [6.45, 7) is 2.18. The molecule has 0 unspecified atom stereocenters. The van der Waals surface area contributed by atoms with Crippen molar-refractivity contribution in [1.29, 1.82) is 0 Å². The Morgan fingerprint density at radius 1 is 1.41 bits per heavy atom. The predicted octanol–water partition coefficient (Wildman–Crippen LogP) is 2.58. The van der Waals surface area contributed by atoms with E-state index in [9.17, 15) is 4.79 Å². The van der Waals surface area contributed by atoms with Gasteiger partial charge >= 0.3 is 0 Å². The van der Waals surface area contributed by atoms with Crippen LogP contribution in [0.25, 0.3) is 0 Å². The maximum absolute atomic E-state index is 12.5. The minimum atomic E-state index is -0.357. The number of benzene rings is 1. The maximum atomic E-state index is 12.5. The molecule has 2 aromatic rings. The summed E-state index contributed by atoms with van der Waals surface area (Å²) in [7, 11) is 0. The van der Waals surface area contributed by atoms with Crippen molar-refractivity contribution in [3.05, 3.63) is 53.5 Å². The van der Waals surface area contributed by atoms with Crippen LogP contribution in [-0.2, 0) is 12.0 Å². The fraction of sp³-hybridized carbons (Fsp3) is 0.300. The lowest BCUT2D eigenvalue weighted by Gasteiger charge is -2.30. The Morgan fingerprint density at radius 2 is 2.26 bits per heavy atom. The minimum absolute atomic E-state index is 0.110. The van der Waals surface area contributed by atoms with Crippen LogP contribution in [-0.4, -0.2) is 33.3 Å². The number of nitrogens with two attached hydrogens (primary N) is 1. The lowest BCUT2D eigenvalue weighted by Crippen LogP contribution is -2.28. The number of Topliss-reactive ketones (excluding diaryl/α,β-unsaturated/α-hetero) is 1. The Bertz CT molecular complexity index is 905. The molecule has 6 nitrogen and oxygen atoms in total. The lowest BCUT2D eigenvalue weighted by molar-refractivity contribution is 0.0987. The molecule has 27 heavy (non-hydrogen) atoms. The zero-order chi connectivity index (χ0) is 19.3. The Balaban J connectivity index is 1.73. The molecular weight excluding hydrogens is 360 g/mol. The van der Waals surface area contributed by atoms with Crippen LogP contribution in [0.3, 0.4) is 0 Å². The number of terminal acetylenes is 1. The van der Waals surface area contributed by atoms with Gasteiger partial charge in [0.15, 0.2) is 17.6 Å². The van der Waals surface area contributed by atoms with E-state index in [0.29, 0.717) is 11.0 Å². The zero-order valence-corrected chi connectivity index (χ0v) is 15.8. The maximum Gasteiger partial charge on any atom is 0.233 e. The number of ketones is 1. The van der Waals surface area contributed by atoms with Crippen molar-refractivity contribution < 1.29 is 9.53 Å². The van der Waals surface area contributed by atoms with Crippen molar-refractivity contribution in [3.8, 4) is 18.2 Å². The smallest absolute Gasteiger partial charge is 0.233 e. The van der Waals surface area contributed by atoms with E-state index >= 15 is 0 Å². The van der Waals surface area contributed by atoms with Crippen molar-refractivity contribution in [1.82, 2.24) is 9.97 Å². The predicted molar refractivity (Wildman–Crippen MR) is 107 cm³/mol. The Kier molecular flexibility index (Phi) is 5.77. The van der Waals surface area contributed by atoms with Crippen LogP contribution in [0.5, 0.6) is 5.88 Å². The molecule has 2 heterocycles. The third-order valence-electron chi connectivity index (χ3n) is 4.33. The van der Waals surface area contributed by atoms with E-state index < -0.39 is 0 Å². The van der Waals surface area contributed by atoms with Crippen molar-refractivity contribution in [3.63, 3.8) is 0 Å². The fourth-order valence-corrected chi connectivity index (χ4v) is 3.81. The van der Waals surface area contributed by atoms with Crippen LogP contribution < -0.4 is 10.5 Å². The number of amidine groups is 1. The summed E-state index contributed by atoms with van der Waals surface area (Å²) in [5, 5.41) is 0.604. The number of aliphatic imine (C=N–C) groups is 1. The van der Waals surface area contributed by atoms with Gasteiger partial charge in [-0.05, 0) is 24.5 Å². The van der Waals surface area contributed by atoms with Crippen LogP contribution >= 0.6 is 11.8 Å². The Hall–Kier alpha value is -2.85. The first kappa shape index (κ1) is 18.9. The summed E-state index contributed by atoms with van der Waals surface area (Å²) >= 11 is 1.57. The molecule has 0 amide bonds. The normalized spacial score (nSPS) is 19.0. The van der Waals surface area contributed by atoms with E-state index in [1.165, 1.54) is 12.4 Å². The fourth-order valence-electron chi connectivity index (χ4n) is 2.84. The monoisotopic (exact) mass is 380 g/mol. The highest BCUT2D eigenvalue weighted by molar-refractivity contribution is 8.13. The van der Waals surface area contributed by atoms with Crippen LogP contribution in [0.4, 0.5) is 0 Å². The Morgan fingerprint density at radius 3 is 2.96 bits per heavy atom. The highest BCUT2D eigenvalue weighted by Crippen LogP contribution is 2.35. The van der Waals surface area contributed by atoms with Gasteiger partial charge in [-0.15, -0.1) is 6.42 Å². The van der Waals surface area contributed by atoms with E-state index in [1.807, 2.05) is 24.3 Å². The first-order chi connectivity index (χ1) is 13.0. The van der Waals surface area contributed by atoms with Crippen LogP contribution in [0.15, 0.2) is 41.7 Å². The molecule has 0 saturated carbocycles. The second-order valence-corrected chi connectivity index (χ2v) is 7.47. The van der Waals surface area contributed by atoms with Crippen LogP contribution in [0.2, 0.25) is 0 Å². The highest BCUT2D eigenvalue weighted by Gasteiger charge is 2.29. The first-order valence-electron chi connectivity index (χ1n) is 8.49.